The first-order chi connectivity index (χ1) is 9.02. The predicted molar refractivity (Wildman–Crippen MR) is 67.8 cm³/mol. The summed E-state index contributed by atoms with van der Waals surface area (Å²) in [4.78, 5) is 0. The van der Waals surface area contributed by atoms with Crippen LogP contribution in [0.5, 0.6) is 0 Å². The van der Waals surface area contributed by atoms with E-state index in [1.54, 1.807) is 0 Å². The molecular weight excluding hydrogens is 250 g/mol. The van der Waals surface area contributed by atoms with Crippen LogP contribution in [0, 0.1) is 18.6 Å². The standard InChI is InChI=1S/C13H16F2N4/c1-3-4-11(16)12-7-19(18-17-12)13-6-9(14)8(2)5-10(13)15/h5-7,11H,3-4,16H2,1-2H3. The maximum absolute atomic E-state index is 13.8. The molecule has 0 saturated heterocycles. The molecule has 1 heterocycles. The van der Waals surface area contributed by atoms with E-state index in [0.717, 1.165) is 25.0 Å². The highest BCUT2D eigenvalue weighted by Gasteiger charge is 2.14. The van der Waals surface area contributed by atoms with Gasteiger partial charge in [-0.15, -0.1) is 5.10 Å². The number of hydrogen-bond acceptors (Lipinski definition) is 3. The average molecular weight is 266 g/mol. The Bertz CT molecular complexity index is 580. The molecule has 4 nitrogen and oxygen atoms in total. The van der Waals surface area contributed by atoms with Gasteiger partial charge in [-0.1, -0.05) is 18.6 Å². The molecule has 0 saturated carbocycles. The van der Waals surface area contributed by atoms with Gasteiger partial charge in [-0.3, -0.25) is 0 Å². The van der Waals surface area contributed by atoms with Gasteiger partial charge in [0.05, 0.1) is 17.9 Å². The summed E-state index contributed by atoms with van der Waals surface area (Å²) >= 11 is 0. The van der Waals surface area contributed by atoms with Crippen LogP contribution >= 0.6 is 0 Å². The second-order valence-corrected chi connectivity index (χ2v) is 4.54. The largest absolute Gasteiger partial charge is 0.323 e. The highest BCUT2D eigenvalue weighted by Crippen LogP contribution is 2.19. The number of aryl methyl sites for hydroxylation is 1. The van der Waals surface area contributed by atoms with Crippen LogP contribution in [0.25, 0.3) is 5.69 Å². The molecular formula is C13H16F2N4. The summed E-state index contributed by atoms with van der Waals surface area (Å²) in [5, 5.41) is 7.70. The number of aromatic nitrogens is 3. The Morgan fingerprint density at radius 3 is 2.74 bits per heavy atom. The van der Waals surface area contributed by atoms with E-state index in [0.29, 0.717) is 5.69 Å². The lowest BCUT2D eigenvalue weighted by molar-refractivity contribution is 0.577. The fraction of sp³-hybridized carbons (Fsp3) is 0.385. The van der Waals surface area contributed by atoms with Gasteiger partial charge in [-0.05, 0) is 25.0 Å². The lowest BCUT2D eigenvalue weighted by Crippen LogP contribution is -2.10. The van der Waals surface area contributed by atoms with Gasteiger partial charge >= 0.3 is 0 Å². The topological polar surface area (TPSA) is 56.7 Å². The fourth-order valence-corrected chi connectivity index (χ4v) is 1.83. The Morgan fingerprint density at radius 2 is 2.05 bits per heavy atom. The summed E-state index contributed by atoms with van der Waals surface area (Å²) in [5.41, 5.74) is 6.76. The van der Waals surface area contributed by atoms with Crippen molar-refractivity contribution in [3.05, 3.63) is 41.2 Å². The molecule has 0 aliphatic rings. The summed E-state index contributed by atoms with van der Waals surface area (Å²) in [5.74, 6) is -1.02. The molecule has 2 aromatic rings. The number of hydrogen-bond donors (Lipinski definition) is 1. The summed E-state index contributed by atoms with van der Waals surface area (Å²) in [6.07, 6.45) is 3.22. The first kappa shape index (κ1) is 13.6. The van der Waals surface area contributed by atoms with Gasteiger partial charge in [0.25, 0.3) is 0 Å². The lowest BCUT2D eigenvalue weighted by atomic mass is 10.1. The Kier molecular flexibility index (Phi) is 3.90. The van der Waals surface area contributed by atoms with Crippen LogP contribution in [-0.4, -0.2) is 15.0 Å². The molecule has 1 atom stereocenters. The highest BCUT2D eigenvalue weighted by molar-refractivity contribution is 5.36. The number of halogens is 2. The Hall–Kier alpha value is -1.82. The van der Waals surface area contributed by atoms with Crippen LogP contribution in [0.4, 0.5) is 8.78 Å². The van der Waals surface area contributed by atoms with Crippen molar-refractivity contribution in [3.8, 4) is 5.69 Å². The van der Waals surface area contributed by atoms with E-state index in [-0.39, 0.29) is 17.3 Å². The third kappa shape index (κ3) is 2.78. The number of rotatable bonds is 4. The molecule has 19 heavy (non-hydrogen) atoms. The third-order valence-corrected chi connectivity index (χ3v) is 2.97. The molecule has 0 radical (unpaired) electrons. The minimum Gasteiger partial charge on any atom is -0.323 e. The molecule has 1 aromatic heterocycles. The molecule has 0 amide bonds. The number of benzene rings is 1. The quantitative estimate of drug-likeness (QED) is 0.925. The van der Waals surface area contributed by atoms with Crippen LogP contribution in [-0.2, 0) is 0 Å². The predicted octanol–water partition coefficient (Wildman–Crippen LogP) is 2.65. The normalized spacial score (nSPS) is 12.7. The SMILES string of the molecule is CCCC(N)c1cn(-c2cc(F)c(C)cc2F)nn1. The number of nitrogens with two attached hydrogens (primary N) is 1. The van der Waals surface area contributed by atoms with Crippen molar-refractivity contribution in [2.24, 2.45) is 5.73 Å². The van der Waals surface area contributed by atoms with Gasteiger partial charge in [0, 0.05) is 6.07 Å². The molecule has 2 N–H and O–H groups in total. The van der Waals surface area contributed by atoms with Gasteiger partial charge in [-0.25, -0.2) is 13.5 Å². The van der Waals surface area contributed by atoms with E-state index < -0.39 is 11.6 Å². The Morgan fingerprint density at radius 1 is 1.32 bits per heavy atom. The molecule has 1 aromatic carbocycles. The van der Waals surface area contributed by atoms with Crippen molar-refractivity contribution >= 4 is 0 Å². The van der Waals surface area contributed by atoms with Crippen molar-refractivity contribution in [1.29, 1.82) is 0 Å². The van der Waals surface area contributed by atoms with Gasteiger partial charge in [0.15, 0.2) is 0 Å². The summed E-state index contributed by atoms with van der Waals surface area (Å²) in [6.45, 7) is 3.52. The zero-order chi connectivity index (χ0) is 14.0. The molecule has 0 fully saturated rings. The van der Waals surface area contributed by atoms with Gasteiger partial charge in [0.1, 0.15) is 17.3 Å². The summed E-state index contributed by atoms with van der Waals surface area (Å²) < 4.78 is 28.5. The molecule has 0 spiro atoms. The summed E-state index contributed by atoms with van der Waals surface area (Å²) in [6, 6.07) is 2.00. The van der Waals surface area contributed by atoms with Gasteiger partial charge in [0.2, 0.25) is 0 Å². The van der Waals surface area contributed by atoms with E-state index in [4.69, 9.17) is 5.73 Å². The smallest absolute Gasteiger partial charge is 0.149 e. The van der Waals surface area contributed by atoms with Crippen molar-refractivity contribution in [2.45, 2.75) is 32.7 Å². The Labute approximate surface area is 110 Å². The minimum atomic E-state index is -0.542. The molecule has 1 unspecified atom stereocenters. The van der Waals surface area contributed by atoms with E-state index in [2.05, 4.69) is 10.3 Å². The minimum absolute atomic E-state index is 0.0329. The molecule has 2 rings (SSSR count). The van der Waals surface area contributed by atoms with E-state index >= 15 is 0 Å². The molecule has 0 bridgehead atoms. The van der Waals surface area contributed by atoms with Crippen LogP contribution in [0.15, 0.2) is 18.3 Å². The maximum Gasteiger partial charge on any atom is 0.149 e. The van der Waals surface area contributed by atoms with Crippen molar-refractivity contribution in [1.82, 2.24) is 15.0 Å². The second kappa shape index (κ2) is 5.44. The van der Waals surface area contributed by atoms with Crippen molar-refractivity contribution in [2.75, 3.05) is 0 Å². The van der Waals surface area contributed by atoms with E-state index in [1.807, 2.05) is 6.92 Å². The first-order valence-corrected chi connectivity index (χ1v) is 6.16. The molecule has 0 aliphatic carbocycles. The molecule has 6 heteroatoms. The van der Waals surface area contributed by atoms with E-state index in [9.17, 15) is 8.78 Å². The zero-order valence-electron chi connectivity index (χ0n) is 10.9. The molecule has 0 aliphatic heterocycles. The average Bonchev–Trinajstić information content (AvgIpc) is 2.83. The fourth-order valence-electron chi connectivity index (χ4n) is 1.83. The van der Waals surface area contributed by atoms with Crippen LogP contribution < -0.4 is 5.73 Å². The highest BCUT2D eigenvalue weighted by atomic mass is 19.1. The monoisotopic (exact) mass is 266 g/mol. The van der Waals surface area contributed by atoms with Crippen molar-refractivity contribution < 1.29 is 8.78 Å². The Balaban J connectivity index is 2.35. The first-order valence-electron chi connectivity index (χ1n) is 6.16. The third-order valence-electron chi connectivity index (χ3n) is 2.97. The van der Waals surface area contributed by atoms with Crippen LogP contribution in [0.1, 0.15) is 37.1 Å². The zero-order valence-corrected chi connectivity index (χ0v) is 10.9. The molecule has 102 valence electrons. The van der Waals surface area contributed by atoms with Crippen LogP contribution in [0.2, 0.25) is 0 Å². The lowest BCUT2D eigenvalue weighted by Gasteiger charge is -2.06. The summed E-state index contributed by atoms with van der Waals surface area (Å²) in [7, 11) is 0. The van der Waals surface area contributed by atoms with Crippen molar-refractivity contribution in [3.63, 3.8) is 0 Å². The van der Waals surface area contributed by atoms with Gasteiger partial charge < -0.3 is 5.73 Å². The van der Waals surface area contributed by atoms with Gasteiger partial charge in [-0.2, -0.15) is 0 Å². The van der Waals surface area contributed by atoms with E-state index in [1.165, 1.54) is 17.8 Å². The maximum atomic E-state index is 13.8. The van der Waals surface area contributed by atoms with Crippen LogP contribution in [0.3, 0.4) is 0 Å². The number of nitrogens with zero attached hydrogens (tertiary/aromatic N) is 3. The second-order valence-electron chi connectivity index (χ2n) is 4.54.